The summed E-state index contributed by atoms with van der Waals surface area (Å²) >= 11 is 5.85. The van der Waals surface area contributed by atoms with Crippen LogP contribution in [0.3, 0.4) is 0 Å². The molecule has 0 heterocycles. The fourth-order valence-corrected chi connectivity index (χ4v) is 2.57. The first-order valence-electron chi connectivity index (χ1n) is 8.24. The van der Waals surface area contributed by atoms with E-state index in [2.05, 4.69) is 5.32 Å². The third kappa shape index (κ3) is 5.09. The smallest absolute Gasteiger partial charge is 0.241 e. The van der Waals surface area contributed by atoms with Gasteiger partial charge < -0.3 is 15.8 Å². The van der Waals surface area contributed by atoms with Gasteiger partial charge in [-0.15, -0.1) is 0 Å². The Bertz CT molecular complexity index is 849. The first-order chi connectivity index (χ1) is 12.6. The Morgan fingerprint density at radius 1 is 0.923 bits per heavy atom. The topological polar surface area (TPSA) is 64.4 Å². The Morgan fingerprint density at radius 2 is 1.50 bits per heavy atom. The molecule has 0 bridgehead atoms. The molecule has 132 valence electrons. The first-order valence-corrected chi connectivity index (χ1v) is 8.62. The van der Waals surface area contributed by atoms with Crippen molar-refractivity contribution in [2.24, 2.45) is 5.73 Å². The molecule has 3 N–H and O–H groups in total. The number of ether oxygens (including phenoxy) is 1. The van der Waals surface area contributed by atoms with E-state index < -0.39 is 6.04 Å². The minimum absolute atomic E-state index is 0.222. The van der Waals surface area contributed by atoms with Gasteiger partial charge in [-0.2, -0.15) is 0 Å². The summed E-state index contributed by atoms with van der Waals surface area (Å²) in [4.78, 5) is 12.2. The Labute approximate surface area is 157 Å². The van der Waals surface area contributed by atoms with Crippen LogP contribution in [0.2, 0.25) is 5.02 Å². The van der Waals surface area contributed by atoms with Gasteiger partial charge >= 0.3 is 0 Å². The van der Waals surface area contributed by atoms with Crippen LogP contribution in [0.4, 0.5) is 5.69 Å². The van der Waals surface area contributed by atoms with E-state index in [1.807, 2.05) is 30.3 Å². The molecule has 0 aliphatic heterocycles. The van der Waals surface area contributed by atoms with Crippen LogP contribution < -0.4 is 15.8 Å². The number of amides is 1. The number of anilines is 1. The summed E-state index contributed by atoms with van der Waals surface area (Å²) < 4.78 is 5.72. The molecule has 3 rings (SSSR count). The van der Waals surface area contributed by atoms with Crippen LogP contribution in [0, 0.1) is 0 Å². The summed E-state index contributed by atoms with van der Waals surface area (Å²) in [7, 11) is 0. The fraction of sp³-hybridized carbons (Fsp3) is 0.0952. The van der Waals surface area contributed by atoms with Gasteiger partial charge in [0.05, 0.1) is 6.04 Å². The predicted octanol–water partition coefficient (Wildman–Crippen LogP) is 4.64. The molecular formula is C21H19ClN2O2. The Kier molecular flexibility index (Phi) is 5.89. The van der Waals surface area contributed by atoms with Gasteiger partial charge in [-0.05, 0) is 60.5 Å². The quantitative estimate of drug-likeness (QED) is 0.667. The summed E-state index contributed by atoms with van der Waals surface area (Å²) in [5, 5.41) is 3.48. The van der Waals surface area contributed by atoms with Crippen molar-refractivity contribution in [3.05, 3.63) is 89.4 Å². The molecule has 0 aliphatic carbocycles. The molecule has 0 fully saturated rings. The number of nitrogens with two attached hydrogens (primary N) is 1. The highest BCUT2D eigenvalue weighted by Gasteiger charge is 2.14. The summed E-state index contributed by atoms with van der Waals surface area (Å²) in [5.41, 5.74) is 7.69. The molecule has 0 aliphatic rings. The van der Waals surface area contributed by atoms with Crippen molar-refractivity contribution in [2.75, 3.05) is 5.32 Å². The highest BCUT2D eigenvalue weighted by atomic mass is 35.5. The van der Waals surface area contributed by atoms with E-state index >= 15 is 0 Å². The average Bonchev–Trinajstić information content (AvgIpc) is 2.66. The zero-order valence-electron chi connectivity index (χ0n) is 14.1. The number of carbonyl (C=O) groups excluding carboxylic acids is 1. The van der Waals surface area contributed by atoms with Gasteiger partial charge in [-0.25, -0.2) is 0 Å². The van der Waals surface area contributed by atoms with Crippen molar-refractivity contribution >= 4 is 23.2 Å². The van der Waals surface area contributed by atoms with E-state index in [9.17, 15) is 4.79 Å². The Morgan fingerprint density at radius 3 is 2.12 bits per heavy atom. The molecule has 1 amide bonds. The van der Waals surface area contributed by atoms with Crippen LogP contribution in [-0.4, -0.2) is 11.9 Å². The Balaban J connectivity index is 1.56. The van der Waals surface area contributed by atoms with Gasteiger partial charge in [0.15, 0.2) is 0 Å². The summed E-state index contributed by atoms with van der Waals surface area (Å²) in [6.07, 6.45) is 0.491. The zero-order valence-corrected chi connectivity index (χ0v) is 14.8. The highest BCUT2D eigenvalue weighted by Crippen LogP contribution is 2.24. The van der Waals surface area contributed by atoms with Gasteiger partial charge in [0, 0.05) is 10.7 Å². The second-order valence-corrected chi connectivity index (χ2v) is 6.30. The lowest BCUT2D eigenvalue weighted by Gasteiger charge is -2.13. The molecule has 0 saturated heterocycles. The largest absolute Gasteiger partial charge is 0.457 e. The second-order valence-electron chi connectivity index (χ2n) is 5.87. The van der Waals surface area contributed by atoms with E-state index in [0.29, 0.717) is 28.6 Å². The number of carbonyl (C=O) groups is 1. The molecule has 3 aromatic carbocycles. The zero-order chi connectivity index (χ0) is 18.4. The number of nitrogens with one attached hydrogen (secondary N) is 1. The molecular weight excluding hydrogens is 348 g/mol. The summed E-state index contributed by atoms with van der Waals surface area (Å²) in [6.45, 7) is 0. The van der Waals surface area contributed by atoms with Crippen molar-refractivity contribution in [3.8, 4) is 11.5 Å². The van der Waals surface area contributed by atoms with Crippen LogP contribution >= 0.6 is 11.6 Å². The molecule has 1 atom stereocenters. The molecule has 26 heavy (non-hydrogen) atoms. The van der Waals surface area contributed by atoms with Crippen LogP contribution in [-0.2, 0) is 11.2 Å². The highest BCUT2D eigenvalue weighted by molar-refractivity contribution is 6.30. The van der Waals surface area contributed by atoms with Crippen molar-refractivity contribution in [1.82, 2.24) is 0 Å². The first kappa shape index (κ1) is 18.0. The lowest BCUT2D eigenvalue weighted by molar-refractivity contribution is -0.117. The van der Waals surface area contributed by atoms with E-state index in [4.69, 9.17) is 22.1 Å². The summed E-state index contributed by atoms with van der Waals surface area (Å²) in [5.74, 6) is 1.13. The second kappa shape index (κ2) is 8.52. The summed E-state index contributed by atoms with van der Waals surface area (Å²) in [6, 6.07) is 23.3. The molecule has 4 nitrogen and oxygen atoms in total. The standard InChI is InChI=1S/C21H19ClN2O2/c22-16-6-10-18(11-7-16)26-19-12-8-17(9-13-19)24-21(25)20(23)14-15-4-2-1-3-5-15/h1-13,20H,14,23H2,(H,24,25). The number of hydrogen-bond acceptors (Lipinski definition) is 3. The lowest BCUT2D eigenvalue weighted by Crippen LogP contribution is -2.37. The van der Waals surface area contributed by atoms with E-state index in [1.165, 1.54) is 0 Å². The van der Waals surface area contributed by atoms with Crippen LogP contribution in [0.5, 0.6) is 11.5 Å². The molecule has 0 saturated carbocycles. The van der Waals surface area contributed by atoms with E-state index in [1.54, 1.807) is 48.5 Å². The van der Waals surface area contributed by atoms with Crippen molar-refractivity contribution < 1.29 is 9.53 Å². The van der Waals surface area contributed by atoms with Gasteiger partial charge in [-0.3, -0.25) is 4.79 Å². The molecule has 0 spiro atoms. The van der Waals surface area contributed by atoms with Crippen molar-refractivity contribution in [3.63, 3.8) is 0 Å². The molecule has 1 unspecified atom stereocenters. The average molecular weight is 367 g/mol. The minimum Gasteiger partial charge on any atom is -0.457 e. The van der Waals surface area contributed by atoms with Gasteiger partial charge in [0.1, 0.15) is 11.5 Å². The molecule has 0 radical (unpaired) electrons. The number of hydrogen-bond donors (Lipinski definition) is 2. The van der Waals surface area contributed by atoms with Gasteiger partial charge in [-0.1, -0.05) is 41.9 Å². The van der Waals surface area contributed by atoms with Crippen molar-refractivity contribution in [1.29, 1.82) is 0 Å². The third-order valence-corrected chi connectivity index (χ3v) is 4.06. The number of halogens is 1. The third-order valence-electron chi connectivity index (χ3n) is 3.81. The van der Waals surface area contributed by atoms with Crippen LogP contribution in [0.1, 0.15) is 5.56 Å². The molecule has 3 aromatic rings. The Hall–Kier alpha value is -2.82. The fourth-order valence-electron chi connectivity index (χ4n) is 2.44. The number of rotatable bonds is 6. The van der Waals surface area contributed by atoms with Gasteiger partial charge in [0.2, 0.25) is 5.91 Å². The normalized spacial score (nSPS) is 11.6. The van der Waals surface area contributed by atoms with Crippen LogP contribution in [0.15, 0.2) is 78.9 Å². The minimum atomic E-state index is -0.609. The maximum absolute atomic E-state index is 12.2. The maximum atomic E-state index is 12.2. The van der Waals surface area contributed by atoms with E-state index in [-0.39, 0.29) is 5.91 Å². The SMILES string of the molecule is NC(Cc1ccccc1)C(=O)Nc1ccc(Oc2ccc(Cl)cc2)cc1. The number of benzene rings is 3. The van der Waals surface area contributed by atoms with Crippen molar-refractivity contribution in [2.45, 2.75) is 12.5 Å². The lowest BCUT2D eigenvalue weighted by atomic mass is 10.1. The van der Waals surface area contributed by atoms with Crippen LogP contribution in [0.25, 0.3) is 0 Å². The van der Waals surface area contributed by atoms with Gasteiger partial charge in [0.25, 0.3) is 0 Å². The monoisotopic (exact) mass is 366 g/mol. The maximum Gasteiger partial charge on any atom is 0.241 e. The molecule has 5 heteroatoms. The van der Waals surface area contributed by atoms with E-state index in [0.717, 1.165) is 5.56 Å². The predicted molar refractivity (Wildman–Crippen MR) is 105 cm³/mol. The molecule has 0 aromatic heterocycles.